The van der Waals surface area contributed by atoms with Crippen LogP contribution in [0.25, 0.3) is 0 Å². The summed E-state index contributed by atoms with van der Waals surface area (Å²) < 4.78 is 11.2. The van der Waals surface area contributed by atoms with E-state index in [0.717, 1.165) is 19.4 Å². The van der Waals surface area contributed by atoms with Crippen molar-refractivity contribution in [3.8, 4) is 0 Å². The molecule has 112 valence electrons. The van der Waals surface area contributed by atoms with E-state index in [4.69, 9.17) is 9.47 Å². The summed E-state index contributed by atoms with van der Waals surface area (Å²) in [5.74, 6) is 0. The van der Waals surface area contributed by atoms with Gasteiger partial charge in [-0.15, -0.1) is 0 Å². The first-order valence-corrected chi connectivity index (χ1v) is 7.60. The van der Waals surface area contributed by atoms with Crippen molar-refractivity contribution in [1.29, 1.82) is 0 Å². The summed E-state index contributed by atoms with van der Waals surface area (Å²) in [5.41, 5.74) is 3.99. The van der Waals surface area contributed by atoms with Gasteiger partial charge in [-0.2, -0.15) is 0 Å². The predicted molar refractivity (Wildman–Crippen MR) is 86.4 cm³/mol. The van der Waals surface area contributed by atoms with Crippen LogP contribution in [-0.2, 0) is 22.5 Å². The Morgan fingerprint density at radius 2 is 1.48 bits per heavy atom. The molecule has 2 nitrogen and oxygen atoms in total. The average molecular weight is 284 g/mol. The van der Waals surface area contributed by atoms with Gasteiger partial charge in [0.05, 0.1) is 19.8 Å². The maximum absolute atomic E-state index is 5.61. The molecule has 0 aliphatic rings. The lowest BCUT2D eigenvalue weighted by Gasteiger charge is -2.07. The Labute approximate surface area is 127 Å². The summed E-state index contributed by atoms with van der Waals surface area (Å²) in [6.07, 6.45) is 2.14. The first-order chi connectivity index (χ1) is 10.4. The molecule has 0 aliphatic carbocycles. The third kappa shape index (κ3) is 6.11. The molecule has 0 aliphatic heterocycles. The van der Waals surface area contributed by atoms with Crippen molar-refractivity contribution in [2.24, 2.45) is 0 Å². The van der Waals surface area contributed by atoms with Crippen molar-refractivity contribution < 1.29 is 9.47 Å². The monoisotopic (exact) mass is 284 g/mol. The van der Waals surface area contributed by atoms with Gasteiger partial charge in [0, 0.05) is 6.61 Å². The lowest BCUT2D eigenvalue weighted by molar-refractivity contribution is 0.0399. The average Bonchev–Trinajstić information content (AvgIpc) is 2.52. The quantitative estimate of drug-likeness (QED) is 0.644. The van der Waals surface area contributed by atoms with E-state index in [9.17, 15) is 0 Å². The molecule has 2 heteroatoms. The van der Waals surface area contributed by atoms with Gasteiger partial charge in [0.1, 0.15) is 0 Å². The first-order valence-electron chi connectivity index (χ1n) is 7.60. The standard InChI is InChI=1S/C19H24O2/c1-17-8-5-6-11-19(17)12-7-13-20-14-15-21-16-18-9-3-2-4-10-18/h2-6,8-11H,7,12-16H2,1H3. The smallest absolute Gasteiger partial charge is 0.0718 e. The van der Waals surface area contributed by atoms with Crippen molar-refractivity contribution in [3.63, 3.8) is 0 Å². The second-order valence-electron chi connectivity index (χ2n) is 5.18. The zero-order valence-corrected chi connectivity index (χ0v) is 12.8. The maximum Gasteiger partial charge on any atom is 0.0718 e. The van der Waals surface area contributed by atoms with Crippen LogP contribution in [0.5, 0.6) is 0 Å². The summed E-state index contributed by atoms with van der Waals surface area (Å²) in [5, 5.41) is 0. The fraction of sp³-hybridized carbons (Fsp3) is 0.368. The van der Waals surface area contributed by atoms with Crippen molar-refractivity contribution >= 4 is 0 Å². The summed E-state index contributed by atoms with van der Waals surface area (Å²) in [6, 6.07) is 18.8. The minimum atomic E-state index is 0.652. The zero-order valence-electron chi connectivity index (χ0n) is 12.8. The maximum atomic E-state index is 5.61. The second kappa shape index (κ2) is 9.32. The minimum absolute atomic E-state index is 0.652. The molecule has 2 aromatic rings. The van der Waals surface area contributed by atoms with Crippen molar-refractivity contribution in [2.75, 3.05) is 19.8 Å². The van der Waals surface area contributed by atoms with E-state index in [2.05, 4.69) is 43.3 Å². The van der Waals surface area contributed by atoms with E-state index < -0.39 is 0 Å². The number of hydrogen-bond donors (Lipinski definition) is 0. The molecule has 0 saturated carbocycles. The number of benzene rings is 2. The van der Waals surface area contributed by atoms with Crippen LogP contribution < -0.4 is 0 Å². The van der Waals surface area contributed by atoms with Crippen molar-refractivity contribution in [2.45, 2.75) is 26.4 Å². The highest BCUT2D eigenvalue weighted by Crippen LogP contribution is 2.09. The van der Waals surface area contributed by atoms with Crippen LogP contribution in [0.3, 0.4) is 0 Å². The molecule has 0 aromatic heterocycles. The molecule has 0 unspecified atom stereocenters. The third-order valence-corrected chi connectivity index (χ3v) is 3.48. The van der Waals surface area contributed by atoms with E-state index in [0.29, 0.717) is 19.8 Å². The Morgan fingerprint density at radius 3 is 2.29 bits per heavy atom. The van der Waals surface area contributed by atoms with E-state index >= 15 is 0 Å². The lowest BCUT2D eigenvalue weighted by atomic mass is 10.0. The van der Waals surface area contributed by atoms with E-state index in [1.54, 1.807) is 0 Å². The van der Waals surface area contributed by atoms with Gasteiger partial charge in [-0.05, 0) is 36.5 Å². The highest BCUT2D eigenvalue weighted by molar-refractivity contribution is 5.25. The molecule has 0 radical (unpaired) electrons. The fourth-order valence-electron chi connectivity index (χ4n) is 2.24. The van der Waals surface area contributed by atoms with Gasteiger partial charge in [-0.25, -0.2) is 0 Å². The van der Waals surface area contributed by atoms with Crippen LogP contribution in [0.2, 0.25) is 0 Å². The second-order valence-corrected chi connectivity index (χ2v) is 5.18. The summed E-state index contributed by atoms with van der Waals surface area (Å²) >= 11 is 0. The van der Waals surface area contributed by atoms with E-state index in [1.165, 1.54) is 16.7 Å². The molecule has 0 saturated heterocycles. The molecule has 0 fully saturated rings. The molecule has 0 atom stereocenters. The topological polar surface area (TPSA) is 18.5 Å². The minimum Gasteiger partial charge on any atom is -0.379 e. The normalized spacial score (nSPS) is 10.7. The molecule has 0 bridgehead atoms. The molecule has 0 spiro atoms. The van der Waals surface area contributed by atoms with Crippen LogP contribution in [0, 0.1) is 6.92 Å². The first kappa shape index (κ1) is 15.7. The van der Waals surface area contributed by atoms with Gasteiger partial charge in [0.2, 0.25) is 0 Å². The number of aryl methyl sites for hydroxylation is 2. The summed E-state index contributed by atoms with van der Waals surface area (Å²) in [7, 11) is 0. The highest BCUT2D eigenvalue weighted by atomic mass is 16.5. The van der Waals surface area contributed by atoms with Crippen LogP contribution in [0.1, 0.15) is 23.1 Å². The summed E-state index contributed by atoms with van der Waals surface area (Å²) in [4.78, 5) is 0. The van der Waals surface area contributed by atoms with Gasteiger partial charge in [0.25, 0.3) is 0 Å². The molecular formula is C19H24O2. The van der Waals surface area contributed by atoms with E-state index in [1.807, 2.05) is 18.2 Å². The Hall–Kier alpha value is -1.64. The molecule has 2 rings (SSSR count). The van der Waals surface area contributed by atoms with Crippen LogP contribution >= 0.6 is 0 Å². The van der Waals surface area contributed by atoms with Crippen LogP contribution in [0.4, 0.5) is 0 Å². The van der Waals surface area contributed by atoms with Crippen molar-refractivity contribution in [3.05, 3.63) is 71.3 Å². The zero-order chi connectivity index (χ0) is 14.8. The van der Waals surface area contributed by atoms with E-state index in [-0.39, 0.29) is 0 Å². The lowest BCUT2D eigenvalue weighted by Crippen LogP contribution is -2.06. The molecule has 0 amide bonds. The molecule has 2 aromatic carbocycles. The largest absolute Gasteiger partial charge is 0.379 e. The summed E-state index contributed by atoms with van der Waals surface area (Å²) in [6.45, 7) is 4.93. The van der Waals surface area contributed by atoms with Crippen LogP contribution in [0.15, 0.2) is 54.6 Å². The number of rotatable bonds is 9. The molecule has 0 N–H and O–H groups in total. The van der Waals surface area contributed by atoms with Gasteiger partial charge in [-0.1, -0.05) is 54.6 Å². The fourth-order valence-corrected chi connectivity index (χ4v) is 2.24. The van der Waals surface area contributed by atoms with Gasteiger partial charge in [0.15, 0.2) is 0 Å². The Morgan fingerprint density at radius 1 is 0.762 bits per heavy atom. The van der Waals surface area contributed by atoms with Gasteiger partial charge < -0.3 is 9.47 Å². The number of ether oxygens (including phenoxy) is 2. The van der Waals surface area contributed by atoms with Crippen LogP contribution in [-0.4, -0.2) is 19.8 Å². The van der Waals surface area contributed by atoms with Gasteiger partial charge in [-0.3, -0.25) is 0 Å². The van der Waals surface area contributed by atoms with Gasteiger partial charge >= 0.3 is 0 Å². The number of hydrogen-bond acceptors (Lipinski definition) is 2. The van der Waals surface area contributed by atoms with Crippen molar-refractivity contribution in [1.82, 2.24) is 0 Å². The Kier molecular flexibility index (Phi) is 6.99. The third-order valence-electron chi connectivity index (χ3n) is 3.48. The SMILES string of the molecule is Cc1ccccc1CCCOCCOCc1ccccc1. The molecular weight excluding hydrogens is 260 g/mol. The highest BCUT2D eigenvalue weighted by Gasteiger charge is 1.97. The Bertz CT molecular complexity index is 508. The predicted octanol–water partition coefficient (Wildman–Crippen LogP) is 4.16. The molecule has 0 heterocycles. The Balaban J connectivity index is 1.48. The molecule has 21 heavy (non-hydrogen) atoms.